The number of likely N-dealkylation sites (tertiary alicyclic amines) is 2. The van der Waals surface area contributed by atoms with Crippen molar-refractivity contribution in [3.63, 3.8) is 0 Å². The molecule has 0 unspecified atom stereocenters. The fraction of sp³-hybridized carbons (Fsp3) is 0.556. The average Bonchev–Trinajstić information content (AvgIpc) is 2.57. The Hall–Kier alpha value is -1.91. The average molecular weight is 318 g/mol. The number of piperidine rings is 2. The van der Waals surface area contributed by atoms with Crippen LogP contribution in [0.25, 0.3) is 0 Å². The topological polar surface area (TPSA) is 40.6 Å². The molecule has 1 aromatic carbocycles. The van der Waals surface area contributed by atoms with E-state index in [9.17, 15) is 14.0 Å². The van der Waals surface area contributed by atoms with Crippen molar-refractivity contribution in [3.8, 4) is 0 Å². The maximum atomic E-state index is 12.9. The van der Waals surface area contributed by atoms with E-state index in [1.54, 1.807) is 12.1 Å². The van der Waals surface area contributed by atoms with Crippen LogP contribution in [0.5, 0.6) is 0 Å². The summed E-state index contributed by atoms with van der Waals surface area (Å²) in [6.45, 7) is 2.27. The second-order valence-electron chi connectivity index (χ2n) is 6.46. The van der Waals surface area contributed by atoms with Gasteiger partial charge in [0.25, 0.3) is 0 Å². The Morgan fingerprint density at radius 3 is 2.43 bits per heavy atom. The number of carbonyl (C=O) groups excluding carboxylic acids is 2. The Morgan fingerprint density at radius 1 is 1.09 bits per heavy atom. The summed E-state index contributed by atoms with van der Waals surface area (Å²) in [5, 5.41) is 0. The van der Waals surface area contributed by atoms with Crippen LogP contribution in [0.3, 0.4) is 0 Å². The Bertz CT molecular complexity index is 565. The molecule has 2 saturated heterocycles. The third kappa shape index (κ3) is 3.89. The molecule has 2 heterocycles. The van der Waals surface area contributed by atoms with Gasteiger partial charge in [0.2, 0.25) is 11.8 Å². The van der Waals surface area contributed by atoms with Crippen LogP contribution < -0.4 is 0 Å². The lowest BCUT2D eigenvalue weighted by Gasteiger charge is -2.40. The molecule has 1 aromatic rings. The van der Waals surface area contributed by atoms with E-state index in [2.05, 4.69) is 0 Å². The molecule has 124 valence electrons. The normalized spacial score (nSPS) is 20.0. The summed E-state index contributed by atoms with van der Waals surface area (Å²) >= 11 is 0. The first-order valence-electron chi connectivity index (χ1n) is 8.45. The number of amides is 2. The van der Waals surface area contributed by atoms with Crippen LogP contribution >= 0.6 is 0 Å². The Kier molecular flexibility index (Phi) is 4.94. The van der Waals surface area contributed by atoms with Gasteiger partial charge in [-0.3, -0.25) is 9.59 Å². The summed E-state index contributed by atoms with van der Waals surface area (Å²) in [5.74, 6) is 0.0700. The molecule has 2 amide bonds. The molecule has 0 aliphatic carbocycles. The maximum Gasteiger partial charge on any atom is 0.226 e. The van der Waals surface area contributed by atoms with Crippen molar-refractivity contribution in [1.82, 2.24) is 9.80 Å². The highest BCUT2D eigenvalue weighted by Gasteiger charge is 2.30. The van der Waals surface area contributed by atoms with Crippen LogP contribution in [-0.4, -0.2) is 47.3 Å². The van der Waals surface area contributed by atoms with Gasteiger partial charge in [-0.2, -0.15) is 0 Å². The quantitative estimate of drug-likeness (QED) is 0.858. The van der Waals surface area contributed by atoms with Crippen molar-refractivity contribution in [2.24, 2.45) is 0 Å². The van der Waals surface area contributed by atoms with Gasteiger partial charge in [0.1, 0.15) is 5.82 Å². The van der Waals surface area contributed by atoms with Gasteiger partial charge in [0.15, 0.2) is 0 Å². The molecule has 2 fully saturated rings. The van der Waals surface area contributed by atoms with Crippen LogP contribution in [0.2, 0.25) is 0 Å². The molecule has 5 heteroatoms. The molecular formula is C18H23FN2O2. The standard InChI is InChI=1S/C18H23FN2O2/c19-15-6-4-14(5-7-15)13-18(23)20-11-8-16(9-12-20)21-10-2-1-3-17(21)22/h4-7,16H,1-3,8-13H2. The number of nitrogens with zero attached hydrogens (tertiary/aromatic N) is 2. The van der Waals surface area contributed by atoms with Crippen LogP contribution in [-0.2, 0) is 16.0 Å². The zero-order valence-electron chi connectivity index (χ0n) is 13.3. The predicted octanol–water partition coefficient (Wildman–Crippen LogP) is 2.37. The smallest absolute Gasteiger partial charge is 0.226 e. The van der Waals surface area contributed by atoms with Crippen molar-refractivity contribution in [1.29, 1.82) is 0 Å². The summed E-state index contributed by atoms with van der Waals surface area (Å²) in [7, 11) is 0. The molecule has 23 heavy (non-hydrogen) atoms. The molecule has 4 nitrogen and oxygen atoms in total. The van der Waals surface area contributed by atoms with E-state index in [4.69, 9.17) is 0 Å². The first-order valence-corrected chi connectivity index (χ1v) is 8.45. The molecular weight excluding hydrogens is 295 g/mol. The number of hydrogen-bond donors (Lipinski definition) is 0. The third-order valence-corrected chi connectivity index (χ3v) is 4.89. The zero-order valence-corrected chi connectivity index (χ0v) is 13.3. The third-order valence-electron chi connectivity index (χ3n) is 4.89. The highest BCUT2D eigenvalue weighted by Crippen LogP contribution is 2.22. The second-order valence-corrected chi connectivity index (χ2v) is 6.46. The molecule has 0 radical (unpaired) electrons. The van der Waals surface area contributed by atoms with E-state index in [1.807, 2.05) is 9.80 Å². The summed E-state index contributed by atoms with van der Waals surface area (Å²) in [6, 6.07) is 6.38. The Labute approximate surface area is 136 Å². The van der Waals surface area contributed by atoms with E-state index in [1.165, 1.54) is 12.1 Å². The van der Waals surface area contributed by atoms with Crippen LogP contribution in [0, 0.1) is 5.82 Å². The summed E-state index contributed by atoms with van der Waals surface area (Å²) < 4.78 is 12.9. The van der Waals surface area contributed by atoms with Crippen molar-refractivity contribution in [2.75, 3.05) is 19.6 Å². The highest BCUT2D eigenvalue weighted by molar-refractivity contribution is 5.79. The zero-order chi connectivity index (χ0) is 16.2. The van der Waals surface area contributed by atoms with Gasteiger partial charge < -0.3 is 9.80 Å². The number of benzene rings is 1. The van der Waals surface area contributed by atoms with Crippen LogP contribution in [0.1, 0.15) is 37.7 Å². The predicted molar refractivity (Wildman–Crippen MR) is 85.3 cm³/mol. The largest absolute Gasteiger partial charge is 0.342 e. The van der Waals surface area contributed by atoms with Crippen molar-refractivity contribution in [3.05, 3.63) is 35.6 Å². The second kappa shape index (κ2) is 7.11. The molecule has 0 saturated carbocycles. The lowest BCUT2D eigenvalue weighted by molar-refractivity contribution is -0.138. The van der Waals surface area contributed by atoms with E-state index in [-0.39, 0.29) is 23.7 Å². The lowest BCUT2D eigenvalue weighted by atomic mass is 9.99. The number of hydrogen-bond acceptors (Lipinski definition) is 2. The highest BCUT2D eigenvalue weighted by atomic mass is 19.1. The molecule has 0 bridgehead atoms. The lowest BCUT2D eigenvalue weighted by Crippen LogP contribution is -2.50. The van der Waals surface area contributed by atoms with E-state index in [0.29, 0.717) is 25.9 Å². The van der Waals surface area contributed by atoms with Gasteiger partial charge in [-0.05, 0) is 43.4 Å². The van der Waals surface area contributed by atoms with Gasteiger partial charge in [-0.1, -0.05) is 12.1 Å². The molecule has 2 aliphatic heterocycles. The van der Waals surface area contributed by atoms with E-state index >= 15 is 0 Å². The monoisotopic (exact) mass is 318 g/mol. The molecule has 2 aliphatic rings. The van der Waals surface area contributed by atoms with E-state index in [0.717, 1.165) is 37.8 Å². The fourth-order valence-electron chi connectivity index (χ4n) is 3.53. The van der Waals surface area contributed by atoms with Gasteiger partial charge in [-0.25, -0.2) is 4.39 Å². The molecule has 0 atom stereocenters. The summed E-state index contributed by atoms with van der Waals surface area (Å²) in [6.07, 6.45) is 4.80. The summed E-state index contributed by atoms with van der Waals surface area (Å²) in [4.78, 5) is 28.2. The Morgan fingerprint density at radius 2 is 1.78 bits per heavy atom. The number of halogens is 1. The maximum absolute atomic E-state index is 12.9. The summed E-state index contributed by atoms with van der Waals surface area (Å²) in [5.41, 5.74) is 0.838. The first-order chi connectivity index (χ1) is 11.1. The fourth-order valence-corrected chi connectivity index (χ4v) is 3.53. The van der Waals surface area contributed by atoms with E-state index < -0.39 is 0 Å². The van der Waals surface area contributed by atoms with Crippen molar-refractivity contribution in [2.45, 2.75) is 44.6 Å². The van der Waals surface area contributed by atoms with Gasteiger partial charge in [-0.15, -0.1) is 0 Å². The molecule has 0 spiro atoms. The first kappa shape index (κ1) is 16.0. The Balaban J connectivity index is 1.51. The SMILES string of the molecule is O=C(Cc1ccc(F)cc1)N1CCC(N2CCCCC2=O)CC1. The minimum absolute atomic E-state index is 0.0834. The number of rotatable bonds is 3. The minimum Gasteiger partial charge on any atom is -0.342 e. The van der Waals surface area contributed by atoms with Crippen LogP contribution in [0.15, 0.2) is 24.3 Å². The van der Waals surface area contributed by atoms with Crippen LogP contribution in [0.4, 0.5) is 4.39 Å². The molecule has 0 N–H and O–H groups in total. The van der Waals surface area contributed by atoms with Gasteiger partial charge in [0, 0.05) is 32.1 Å². The van der Waals surface area contributed by atoms with Gasteiger partial charge >= 0.3 is 0 Å². The molecule has 0 aromatic heterocycles. The minimum atomic E-state index is -0.284. The number of carbonyl (C=O) groups is 2. The van der Waals surface area contributed by atoms with Crippen molar-refractivity contribution >= 4 is 11.8 Å². The molecule has 3 rings (SSSR count). The van der Waals surface area contributed by atoms with Gasteiger partial charge in [0.05, 0.1) is 6.42 Å². The van der Waals surface area contributed by atoms with Crippen molar-refractivity contribution < 1.29 is 14.0 Å².